The third-order valence-electron chi connectivity index (χ3n) is 3.13. The third-order valence-corrected chi connectivity index (χ3v) is 5.93. The van der Waals surface area contributed by atoms with E-state index in [1.54, 1.807) is 11.4 Å². The highest BCUT2D eigenvalue weighted by atomic mass is 32.2. The number of aliphatic carboxylic acids is 1. The lowest BCUT2D eigenvalue weighted by atomic mass is 10.1. The van der Waals surface area contributed by atoms with E-state index in [0.717, 1.165) is 16.2 Å². The molecule has 0 radical (unpaired) electrons. The number of carbonyl (C=O) groups is 2. The summed E-state index contributed by atoms with van der Waals surface area (Å²) in [5, 5.41) is 10.3. The molecule has 1 aliphatic heterocycles. The second-order valence-electron chi connectivity index (χ2n) is 4.59. The number of alkyl halides is 1. The van der Waals surface area contributed by atoms with Crippen LogP contribution in [0.1, 0.15) is 6.42 Å². The van der Waals surface area contributed by atoms with E-state index in [9.17, 15) is 22.4 Å². The lowest BCUT2D eigenvalue weighted by molar-refractivity contribution is -0.150. The van der Waals surface area contributed by atoms with Crippen LogP contribution in [0, 0.1) is 0 Å². The van der Waals surface area contributed by atoms with Crippen molar-refractivity contribution in [3.05, 3.63) is 17.5 Å². The summed E-state index contributed by atoms with van der Waals surface area (Å²) in [5.41, 5.74) is -2.46. The van der Waals surface area contributed by atoms with E-state index in [0.29, 0.717) is 0 Å². The van der Waals surface area contributed by atoms with Gasteiger partial charge in [0.25, 0.3) is 10.0 Å². The average Bonchev–Trinajstić information content (AvgIpc) is 3.06. The molecular weight excluding hydrogens is 323 g/mol. The van der Waals surface area contributed by atoms with Gasteiger partial charge < -0.3 is 10.0 Å². The molecule has 7 nitrogen and oxygen atoms in total. The largest absolute Gasteiger partial charge is 0.479 e. The molecule has 1 unspecified atom stereocenters. The van der Waals surface area contributed by atoms with E-state index >= 15 is 0 Å². The van der Waals surface area contributed by atoms with Crippen molar-refractivity contribution in [2.45, 2.75) is 16.3 Å². The number of nitrogens with zero attached hydrogens (tertiary/aromatic N) is 1. The van der Waals surface area contributed by atoms with Gasteiger partial charge in [0.1, 0.15) is 4.21 Å². The predicted octanol–water partition coefficient (Wildman–Crippen LogP) is 0.0516. The van der Waals surface area contributed by atoms with Crippen LogP contribution in [-0.4, -0.2) is 55.6 Å². The Labute approximate surface area is 124 Å². The predicted molar refractivity (Wildman–Crippen MR) is 72.2 cm³/mol. The number of hydrogen-bond acceptors (Lipinski definition) is 5. The van der Waals surface area contributed by atoms with Gasteiger partial charge >= 0.3 is 5.97 Å². The summed E-state index contributed by atoms with van der Waals surface area (Å²) in [6.07, 6.45) is -0.300. The van der Waals surface area contributed by atoms with E-state index in [2.05, 4.69) is 4.72 Å². The molecular formula is C11H13FN2O5S2. The minimum atomic E-state index is -3.78. The number of rotatable bonds is 5. The topological polar surface area (TPSA) is 104 Å². The molecule has 1 aromatic rings. The van der Waals surface area contributed by atoms with Crippen molar-refractivity contribution in [2.75, 3.05) is 19.6 Å². The Bertz CT molecular complexity index is 646. The van der Waals surface area contributed by atoms with Crippen LogP contribution in [0.5, 0.6) is 0 Å². The molecule has 1 aromatic heterocycles. The van der Waals surface area contributed by atoms with E-state index in [4.69, 9.17) is 5.11 Å². The number of likely N-dealkylation sites (tertiary alicyclic amines) is 1. The van der Waals surface area contributed by atoms with Gasteiger partial charge in [0.2, 0.25) is 11.6 Å². The highest BCUT2D eigenvalue weighted by Crippen LogP contribution is 2.25. The van der Waals surface area contributed by atoms with Crippen molar-refractivity contribution in [3.8, 4) is 0 Å². The monoisotopic (exact) mass is 336 g/mol. The summed E-state index contributed by atoms with van der Waals surface area (Å²) in [6.45, 7) is -1.15. The van der Waals surface area contributed by atoms with Crippen LogP contribution in [0.15, 0.2) is 21.7 Å². The molecule has 1 saturated heterocycles. The molecule has 21 heavy (non-hydrogen) atoms. The summed E-state index contributed by atoms with van der Waals surface area (Å²) in [4.78, 5) is 23.6. The Balaban J connectivity index is 1.93. The molecule has 10 heteroatoms. The van der Waals surface area contributed by atoms with Crippen molar-refractivity contribution >= 4 is 33.2 Å². The quantitative estimate of drug-likeness (QED) is 0.791. The highest BCUT2D eigenvalue weighted by Gasteiger charge is 2.46. The first-order chi connectivity index (χ1) is 9.74. The van der Waals surface area contributed by atoms with Crippen LogP contribution in [0.4, 0.5) is 4.39 Å². The molecule has 2 N–H and O–H groups in total. The van der Waals surface area contributed by atoms with Crippen molar-refractivity contribution < 1.29 is 27.5 Å². The molecule has 2 heterocycles. The Kier molecular flexibility index (Phi) is 4.30. The molecule has 2 rings (SSSR count). The number of carboxylic acid groups (broad SMARTS) is 1. The Hall–Kier alpha value is -1.52. The van der Waals surface area contributed by atoms with Gasteiger partial charge in [-0.05, 0) is 11.4 Å². The van der Waals surface area contributed by atoms with Gasteiger partial charge in [-0.25, -0.2) is 22.3 Å². The normalized spacial score (nSPS) is 22.4. The number of sulfonamides is 1. The van der Waals surface area contributed by atoms with Crippen LogP contribution in [0.2, 0.25) is 0 Å². The van der Waals surface area contributed by atoms with Crippen molar-refractivity contribution in [1.82, 2.24) is 9.62 Å². The second kappa shape index (κ2) is 5.70. The van der Waals surface area contributed by atoms with Gasteiger partial charge in [-0.1, -0.05) is 6.07 Å². The fourth-order valence-corrected chi connectivity index (χ4v) is 3.93. The zero-order valence-corrected chi connectivity index (χ0v) is 12.4. The molecule has 0 aliphatic carbocycles. The fraction of sp³-hybridized carbons (Fsp3) is 0.455. The summed E-state index contributed by atoms with van der Waals surface area (Å²) >= 11 is 1.00. The number of hydrogen-bond donors (Lipinski definition) is 2. The van der Waals surface area contributed by atoms with Gasteiger partial charge in [-0.15, -0.1) is 11.3 Å². The molecule has 0 aromatic carbocycles. The Morgan fingerprint density at radius 3 is 2.76 bits per heavy atom. The summed E-state index contributed by atoms with van der Waals surface area (Å²) in [6, 6.07) is 2.95. The van der Waals surface area contributed by atoms with E-state index in [1.165, 1.54) is 6.07 Å². The molecule has 116 valence electrons. The number of halogens is 1. The lowest BCUT2D eigenvalue weighted by Gasteiger charge is -2.17. The van der Waals surface area contributed by atoms with Crippen LogP contribution in [-0.2, 0) is 19.6 Å². The first-order valence-corrected chi connectivity index (χ1v) is 8.34. The third kappa shape index (κ3) is 3.39. The number of nitrogens with one attached hydrogen (secondary N) is 1. The average molecular weight is 336 g/mol. The van der Waals surface area contributed by atoms with Crippen LogP contribution in [0.25, 0.3) is 0 Å². The van der Waals surface area contributed by atoms with Crippen LogP contribution < -0.4 is 4.72 Å². The van der Waals surface area contributed by atoms with Gasteiger partial charge in [0, 0.05) is 13.0 Å². The maximum absolute atomic E-state index is 13.8. The number of thiophene rings is 1. The first kappa shape index (κ1) is 15.9. The molecule has 0 spiro atoms. The van der Waals surface area contributed by atoms with Crippen molar-refractivity contribution in [1.29, 1.82) is 0 Å². The standard InChI is InChI=1S/C11H13FN2O5S2/c12-11(10(16)17)3-4-14(7-11)8(15)6-13-21(18,19)9-2-1-5-20-9/h1-2,5,13H,3-4,6-7H2,(H,16,17). The van der Waals surface area contributed by atoms with Crippen molar-refractivity contribution in [3.63, 3.8) is 0 Å². The molecule has 1 fully saturated rings. The summed E-state index contributed by atoms with van der Waals surface area (Å²) in [7, 11) is -3.78. The van der Waals surface area contributed by atoms with Gasteiger partial charge in [0.15, 0.2) is 0 Å². The van der Waals surface area contributed by atoms with E-state index in [1.807, 2.05) is 0 Å². The first-order valence-electron chi connectivity index (χ1n) is 5.98. The molecule has 1 atom stereocenters. The van der Waals surface area contributed by atoms with Crippen LogP contribution in [0.3, 0.4) is 0 Å². The van der Waals surface area contributed by atoms with Crippen LogP contribution >= 0.6 is 11.3 Å². The van der Waals surface area contributed by atoms with Gasteiger partial charge in [-0.2, -0.15) is 0 Å². The number of amides is 1. The zero-order chi connectivity index (χ0) is 15.7. The zero-order valence-electron chi connectivity index (χ0n) is 10.8. The van der Waals surface area contributed by atoms with E-state index in [-0.39, 0.29) is 17.2 Å². The minimum Gasteiger partial charge on any atom is -0.479 e. The lowest BCUT2D eigenvalue weighted by Crippen LogP contribution is -2.42. The fourth-order valence-electron chi connectivity index (χ4n) is 1.92. The number of carbonyl (C=O) groups excluding carboxylic acids is 1. The molecule has 0 saturated carbocycles. The molecule has 1 aliphatic rings. The van der Waals surface area contributed by atoms with Crippen molar-refractivity contribution in [2.24, 2.45) is 0 Å². The van der Waals surface area contributed by atoms with E-state index < -0.39 is 40.7 Å². The molecule has 0 bridgehead atoms. The minimum absolute atomic E-state index is 0.0532. The highest BCUT2D eigenvalue weighted by molar-refractivity contribution is 7.91. The van der Waals surface area contributed by atoms with Gasteiger partial charge in [0.05, 0.1) is 13.1 Å². The Morgan fingerprint density at radius 1 is 1.52 bits per heavy atom. The second-order valence-corrected chi connectivity index (χ2v) is 7.53. The van der Waals surface area contributed by atoms with Gasteiger partial charge in [-0.3, -0.25) is 4.79 Å². The maximum atomic E-state index is 13.8. The Morgan fingerprint density at radius 2 is 2.24 bits per heavy atom. The summed E-state index contributed by atoms with van der Waals surface area (Å²) in [5.74, 6) is -2.27. The SMILES string of the molecule is O=C(CNS(=O)(=O)c1cccs1)N1CCC(F)(C(=O)O)C1. The summed E-state index contributed by atoms with van der Waals surface area (Å²) < 4.78 is 39.6. The smallest absolute Gasteiger partial charge is 0.343 e. The molecule has 1 amide bonds. The maximum Gasteiger partial charge on any atom is 0.343 e. The number of carboxylic acids is 1.